The molecule has 5 heteroatoms. The Bertz CT molecular complexity index is 396. The van der Waals surface area contributed by atoms with Gasteiger partial charge >= 0.3 is 0 Å². The predicted molar refractivity (Wildman–Crippen MR) is 70.8 cm³/mol. The number of ether oxygens (including phenoxy) is 1. The Morgan fingerprint density at radius 3 is 2.82 bits per heavy atom. The number of halogens is 1. The zero-order valence-corrected chi connectivity index (χ0v) is 11.7. The number of hydrogen-bond acceptors (Lipinski definition) is 3. The molecule has 94 valence electrons. The molecule has 0 radical (unpaired) electrons. The number of nitrogens with two attached hydrogens (primary N) is 1. The van der Waals surface area contributed by atoms with E-state index in [-0.39, 0.29) is 12.5 Å². The first-order valence-electron chi connectivity index (χ1n) is 5.44. The van der Waals surface area contributed by atoms with E-state index in [1.807, 2.05) is 25.1 Å². The molecule has 17 heavy (non-hydrogen) atoms. The SMILES string of the molecule is CCN(C)C(=O)COc1c(Br)cccc1CN. The monoisotopic (exact) mass is 300 g/mol. The van der Waals surface area contributed by atoms with Gasteiger partial charge in [-0.1, -0.05) is 12.1 Å². The van der Waals surface area contributed by atoms with Gasteiger partial charge in [0.1, 0.15) is 5.75 Å². The third-order valence-corrected chi connectivity index (χ3v) is 3.13. The van der Waals surface area contributed by atoms with E-state index < -0.39 is 0 Å². The van der Waals surface area contributed by atoms with Crippen molar-refractivity contribution in [2.45, 2.75) is 13.5 Å². The van der Waals surface area contributed by atoms with Crippen molar-refractivity contribution < 1.29 is 9.53 Å². The Labute approximate surface area is 110 Å². The van der Waals surface area contributed by atoms with Gasteiger partial charge in [-0.3, -0.25) is 4.79 Å². The molecule has 0 aliphatic carbocycles. The molecule has 0 saturated heterocycles. The highest BCUT2D eigenvalue weighted by molar-refractivity contribution is 9.10. The summed E-state index contributed by atoms with van der Waals surface area (Å²) in [5.41, 5.74) is 6.50. The van der Waals surface area contributed by atoms with Crippen LogP contribution in [0.4, 0.5) is 0 Å². The molecule has 4 nitrogen and oxygen atoms in total. The highest BCUT2D eigenvalue weighted by Gasteiger charge is 2.11. The fourth-order valence-corrected chi connectivity index (χ4v) is 1.82. The lowest BCUT2D eigenvalue weighted by molar-refractivity contribution is -0.131. The third-order valence-electron chi connectivity index (χ3n) is 2.51. The smallest absolute Gasteiger partial charge is 0.260 e. The average molecular weight is 301 g/mol. The minimum Gasteiger partial charge on any atom is -0.482 e. The van der Waals surface area contributed by atoms with Gasteiger partial charge in [-0.15, -0.1) is 0 Å². The van der Waals surface area contributed by atoms with Crippen molar-refractivity contribution in [3.8, 4) is 5.75 Å². The maximum Gasteiger partial charge on any atom is 0.260 e. The van der Waals surface area contributed by atoms with Crippen molar-refractivity contribution >= 4 is 21.8 Å². The van der Waals surface area contributed by atoms with Crippen molar-refractivity contribution in [2.24, 2.45) is 5.73 Å². The summed E-state index contributed by atoms with van der Waals surface area (Å²) in [6.45, 7) is 3.00. The molecule has 0 atom stereocenters. The summed E-state index contributed by atoms with van der Waals surface area (Å²) in [5.74, 6) is 0.596. The third kappa shape index (κ3) is 3.71. The van der Waals surface area contributed by atoms with E-state index in [4.69, 9.17) is 10.5 Å². The van der Waals surface area contributed by atoms with E-state index in [2.05, 4.69) is 15.9 Å². The number of nitrogens with zero attached hydrogens (tertiary/aromatic N) is 1. The van der Waals surface area contributed by atoms with Crippen molar-refractivity contribution in [3.63, 3.8) is 0 Å². The van der Waals surface area contributed by atoms with Crippen molar-refractivity contribution in [1.29, 1.82) is 0 Å². The zero-order valence-electron chi connectivity index (χ0n) is 10.1. The lowest BCUT2D eigenvalue weighted by Crippen LogP contribution is -2.31. The van der Waals surface area contributed by atoms with Crippen molar-refractivity contribution in [1.82, 2.24) is 4.90 Å². The highest BCUT2D eigenvalue weighted by atomic mass is 79.9. The summed E-state index contributed by atoms with van der Waals surface area (Å²) >= 11 is 3.39. The van der Waals surface area contributed by atoms with Crippen LogP contribution in [0.15, 0.2) is 22.7 Å². The fraction of sp³-hybridized carbons (Fsp3) is 0.417. The van der Waals surface area contributed by atoms with Crippen LogP contribution in [0.5, 0.6) is 5.75 Å². The second kappa shape index (κ2) is 6.61. The molecule has 0 fully saturated rings. The van der Waals surface area contributed by atoms with E-state index in [0.29, 0.717) is 18.8 Å². The van der Waals surface area contributed by atoms with Crippen LogP contribution in [0.25, 0.3) is 0 Å². The molecule has 0 bridgehead atoms. The van der Waals surface area contributed by atoms with Crippen LogP contribution in [-0.4, -0.2) is 31.0 Å². The van der Waals surface area contributed by atoms with Crippen LogP contribution in [0, 0.1) is 0 Å². The zero-order chi connectivity index (χ0) is 12.8. The molecule has 0 heterocycles. The van der Waals surface area contributed by atoms with E-state index in [0.717, 1.165) is 10.0 Å². The molecule has 0 aliphatic heterocycles. The van der Waals surface area contributed by atoms with Crippen LogP contribution in [0.3, 0.4) is 0 Å². The van der Waals surface area contributed by atoms with Crippen LogP contribution in [-0.2, 0) is 11.3 Å². The Kier molecular flexibility index (Phi) is 5.44. The van der Waals surface area contributed by atoms with Gasteiger partial charge in [-0.05, 0) is 28.9 Å². The molecule has 1 amide bonds. The topological polar surface area (TPSA) is 55.6 Å². The van der Waals surface area contributed by atoms with E-state index in [1.54, 1.807) is 11.9 Å². The van der Waals surface area contributed by atoms with Crippen LogP contribution in [0.1, 0.15) is 12.5 Å². The number of hydrogen-bond donors (Lipinski definition) is 1. The summed E-state index contributed by atoms with van der Waals surface area (Å²) in [5, 5.41) is 0. The normalized spacial score (nSPS) is 10.1. The lowest BCUT2D eigenvalue weighted by atomic mass is 10.2. The van der Waals surface area contributed by atoms with E-state index in [1.165, 1.54) is 0 Å². The molecule has 1 rings (SSSR count). The second-order valence-electron chi connectivity index (χ2n) is 3.63. The molecule has 0 aromatic heterocycles. The number of carbonyl (C=O) groups excluding carboxylic acids is 1. The summed E-state index contributed by atoms with van der Waals surface area (Å²) in [7, 11) is 1.75. The molecule has 1 aromatic carbocycles. The number of para-hydroxylation sites is 1. The number of carbonyl (C=O) groups is 1. The van der Waals surface area contributed by atoms with Gasteiger partial charge in [0.25, 0.3) is 5.91 Å². The highest BCUT2D eigenvalue weighted by Crippen LogP contribution is 2.28. The van der Waals surface area contributed by atoms with Crippen LogP contribution >= 0.6 is 15.9 Å². The predicted octanol–water partition coefficient (Wildman–Crippen LogP) is 1.76. The standard InChI is InChI=1S/C12H17BrN2O2/c1-3-15(2)11(16)8-17-12-9(7-14)5-4-6-10(12)13/h4-6H,3,7-8,14H2,1-2H3. The minimum atomic E-state index is -0.0498. The van der Waals surface area contributed by atoms with Gasteiger partial charge in [0.2, 0.25) is 0 Å². The fourth-order valence-electron chi connectivity index (χ4n) is 1.30. The summed E-state index contributed by atoms with van der Waals surface area (Å²) < 4.78 is 6.34. The van der Waals surface area contributed by atoms with Crippen LogP contribution < -0.4 is 10.5 Å². The van der Waals surface area contributed by atoms with Gasteiger partial charge < -0.3 is 15.4 Å². The number of rotatable bonds is 5. The maximum absolute atomic E-state index is 11.6. The maximum atomic E-state index is 11.6. The van der Waals surface area contributed by atoms with Gasteiger partial charge in [0.05, 0.1) is 4.47 Å². The Morgan fingerprint density at radius 2 is 2.24 bits per heavy atom. The first kappa shape index (κ1) is 14.0. The van der Waals surface area contributed by atoms with Crippen molar-refractivity contribution in [3.05, 3.63) is 28.2 Å². The van der Waals surface area contributed by atoms with Gasteiger partial charge in [0.15, 0.2) is 6.61 Å². The largest absolute Gasteiger partial charge is 0.482 e. The summed E-state index contributed by atoms with van der Waals surface area (Å²) in [6.07, 6.45) is 0. The molecule has 0 saturated carbocycles. The Balaban J connectivity index is 2.72. The Hall–Kier alpha value is -1.07. The molecular weight excluding hydrogens is 284 g/mol. The Morgan fingerprint density at radius 1 is 1.53 bits per heavy atom. The molecule has 2 N–H and O–H groups in total. The first-order chi connectivity index (χ1) is 8.10. The van der Waals surface area contributed by atoms with Gasteiger partial charge in [-0.2, -0.15) is 0 Å². The number of amides is 1. The van der Waals surface area contributed by atoms with Gasteiger partial charge in [0, 0.05) is 25.7 Å². The van der Waals surface area contributed by atoms with Gasteiger partial charge in [-0.25, -0.2) is 0 Å². The summed E-state index contributed by atoms with van der Waals surface area (Å²) in [6, 6.07) is 5.63. The number of likely N-dealkylation sites (N-methyl/N-ethyl adjacent to an activating group) is 1. The number of benzene rings is 1. The summed E-state index contributed by atoms with van der Waals surface area (Å²) in [4.78, 5) is 13.2. The van der Waals surface area contributed by atoms with E-state index >= 15 is 0 Å². The molecule has 0 aliphatic rings. The average Bonchev–Trinajstić information content (AvgIpc) is 2.35. The van der Waals surface area contributed by atoms with E-state index in [9.17, 15) is 4.79 Å². The second-order valence-corrected chi connectivity index (χ2v) is 4.48. The minimum absolute atomic E-state index is 0.0277. The lowest BCUT2D eigenvalue weighted by Gasteiger charge is -2.16. The first-order valence-corrected chi connectivity index (χ1v) is 6.23. The molecule has 0 spiro atoms. The van der Waals surface area contributed by atoms with Crippen molar-refractivity contribution in [2.75, 3.05) is 20.2 Å². The molecular formula is C12H17BrN2O2. The quantitative estimate of drug-likeness (QED) is 0.901. The molecule has 1 aromatic rings. The molecule has 0 unspecified atom stereocenters. The van der Waals surface area contributed by atoms with Crippen LogP contribution in [0.2, 0.25) is 0 Å².